The van der Waals surface area contributed by atoms with Gasteiger partial charge in [-0.25, -0.2) is 9.37 Å². The van der Waals surface area contributed by atoms with E-state index in [9.17, 15) is 19.7 Å². The molecule has 29 heavy (non-hydrogen) atoms. The number of piperazine rings is 1. The van der Waals surface area contributed by atoms with Crippen molar-refractivity contribution in [2.24, 2.45) is 0 Å². The Labute approximate surface area is 173 Å². The number of rotatable bonds is 6. The molecule has 0 amide bonds. The van der Waals surface area contributed by atoms with Gasteiger partial charge in [0, 0.05) is 26.2 Å². The van der Waals surface area contributed by atoms with Crippen LogP contribution in [0.3, 0.4) is 0 Å². The van der Waals surface area contributed by atoms with Crippen molar-refractivity contribution < 1.29 is 9.18 Å². The van der Waals surface area contributed by atoms with Crippen molar-refractivity contribution in [1.82, 2.24) is 10.3 Å². The maximum Gasteiger partial charge on any atom is 0.217 e. The van der Waals surface area contributed by atoms with Gasteiger partial charge in [0.15, 0.2) is 0 Å². The number of carbonyl (C=O) groups excluding carboxylic acids is 1. The van der Waals surface area contributed by atoms with Crippen LogP contribution in [0.25, 0.3) is 0 Å². The molecular formula is C21H19FN5OS. The number of hydrogen-bond acceptors (Lipinski definition) is 7. The molecule has 1 N–H and O–H groups in total. The van der Waals surface area contributed by atoms with Gasteiger partial charge in [-0.15, -0.1) is 0 Å². The molecule has 1 atom stereocenters. The third-order valence-electron chi connectivity index (χ3n) is 4.75. The minimum absolute atomic E-state index is 0.301. The summed E-state index contributed by atoms with van der Waals surface area (Å²) in [6.07, 6.45) is 2.45. The number of anilines is 1. The largest absolute Gasteiger partial charge is 0.353 e. The SMILES string of the molecule is CCc1c(C#N)c(SC([C]=O)c2ccc(F)cc2)nc(N2CCNCC2)c1C#N. The molecule has 3 rings (SSSR count). The second-order valence-corrected chi connectivity index (χ2v) is 7.54. The summed E-state index contributed by atoms with van der Waals surface area (Å²) in [4.78, 5) is 18.3. The van der Waals surface area contributed by atoms with E-state index >= 15 is 0 Å². The Morgan fingerprint density at radius 2 is 1.86 bits per heavy atom. The van der Waals surface area contributed by atoms with E-state index in [0.717, 1.165) is 24.9 Å². The molecule has 1 radical (unpaired) electrons. The first kappa shape index (κ1) is 20.8. The predicted molar refractivity (Wildman–Crippen MR) is 109 cm³/mol. The first-order valence-corrected chi connectivity index (χ1v) is 10.1. The topological polar surface area (TPSA) is 92.8 Å². The second kappa shape index (κ2) is 9.51. The van der Waals surface area contributed by atoms with E-state index in [1.807, 2.05) is 18.1 Å². The highest BCUT2D eigenvalue weighted by atomic mass is 32.2. The smallest absolute Gasteiger partial charge is 0.217 e. The van der Waals surface area contributed by atoms with Gasteiger partial charge in [-0.2, -0.15) is 10.5 Å². The van der Waals surface area contributed by atoms with E-state index in [-0.39, 0.29) is 0 Å². The van der Waals surface area contributed by atoms with Gasteiger partial charge in [-0.05, 0) is 29.7 Å². The molecule has 8 heteroatoms. The zero-order valence-corrected chi connectivity index (χ0v) is 16.7. The van der Waals surface area contributed by atoms with Gasteiger partial charge < -0.3 is 10.2 Å². The molecule has 6 nitrogen and oxygen atoms in total. The number of thioether (sulfide) groups is 1. The number of halogens is 1. The molecule has 1 fully saturated rings. The zero-order valence-electron chi connectivity index (χ0n) is 15.9. The van der Waals surface area contributed by atoms with Crippen LogP contribution in [-0.2, 0) is 11.2 Å². The van der Waals surface area contributed by atoms with E-state index in [1.54, 1.807) is 0 Å². The van der Waals surface area contributed by atoms with Crippen LogP contribution in [0.4, 0.5) is 10.2 Å². The molecular weight excluding hydrogens is 389 g/mol. The molecule has 0 saturated carbocycles. The predicted octanol–water partition coefficient (Wildman–Crippen LogP) is 2.88. The summed E-state index contributed by atoms with van der Waals surface area (Å²) in [5.74, 6) is 0.142. The number of nitrogens with one attached hydrogen (secondary N) is 1. The van der Waals surface area contributed by atoms with Crippen molar-refractivity contribution in [3.05, 3.63) is 52.3 Å². The van der Waals surface area contributed by atoms with Crippen LogP contribution in [0.2, 0.25) is 0 Å². The Hall–Kier alpha value is -2.94. The summed E-state index contributed by atoms with van der Waals surface area (Å²) in [5.41, 5.74) is 1.91. The first-order chi connectivity index (χ1) is 14.1. The average molecular weight is 408 g/mol. The Morgan fingerprint density at radius 1 is 1.21 bits per heavy atom. The van der Waals surface area contributed by atoms with Crippen LogP contribution < -0.4 is 10.2 Å². The lowest BCUT2D eigenvalue weighted by molar-refractivity contribution is 0.554. The standard InChI is InChI=1S/C21H19FN5OS/c1-2-16-17(11-23)20(27-9-7-25-8-10-27)26-21(18(16)12-24)29-19(13-28)14-3-5-15(22)6-4-14/h3-6,19,25H,2,7-10H2,1H3. The molecule has 0 spiro atoms. The van der Waals surface area contributed by atoms with Crippen molar-refractivity contribution in [2.75, 3.05) is 31.1 Å². The normalized spacial score (nSPS) is 14.7. The fourth-order valence-corrected chi connectivity index (χ4v) is 4.27. The van der Waals surface area contributed by atoms with Gasteiger partial charge in [0.05, 0.1) is 11.1 Å². The number of pyridine rings is 1. The Kier molecular flexibility index (Phi) is 6.82. The monoisotopic (exact) mass is 408 g/mol. The summed E-state index contributed by atoms with van der Waals surface area (Å²) in [5, 5.41) is 22.4. The highest BCUT2D eigenvalue weighted by molar-refractivity contribution is 8.00. The summed E-state index contributed by atoms with van der Waals surface area (Å²) in [6, 6.07) is 9.97. The number of hydrogen-bond donors (Lipinski definition) is 1. The van der Waals surface area contributed by atoms with E-state index in [2.05, 4.69) is 22.4 Å². The van der Waals surface area contributed by atoms with Gasteiger partial charge in [0.1, 0.15) is 34.0 Å². The number of nitriles is 2. The number of nitrogens with zero attached hydrogens (tertiary/aromatic N) is 4. The van der Waals surface area contributed by atoms with Gasteiger partial charge in [0.25, 0.3) is 0 Å². The molecule has 2 aromatic rings. The fraction of sp³-hybridized carbons (Fsp3) is 0.333. The molecule has 1 saturated heterocycles. The quantitative estimate of drug-likeness (QED) is 0.735. The maximum absolute atomic E-state index is 13.2. The lowest BCUT2D eigenvalue weighted by Crippen LogP contribution is -2.44. The van der Waals surface area contributed by atoms with Crippen LogP contribution in [0.5, 0.6) is 0 Å². The Balaban J connectivity index is 2.09. The first-order valence-electron chi connectivity index (χ1n) is 9.25. The highest BCUT2D eigenvalue weighted by Gasteiger charge is 2.26. The fourth-order valence-electron chi connectivity index (χ4n) is 3.28. The Bertz CT molecular complexity index is 975. The molecule has 0 aliphatic carbocycles. The number of aromatic nitrogens is 1. The summed E-state index contributed by atoms with van der Waals surface area (Å²) >= 11 is 1.09. The van der Waals surface area contributed by atoms with Crippen LogP contribution in [0.1, 0.15) is 34.4 Å². The van der Waals surface area contributed by atoms with Crippen molar-refractivity contribution >= 4 is 23.9 Å². The molecule has 1 unspecified atom stereocenters. The number of benzene rings is 1. The lowest BCUT2D eigenvalue weighted by Gasteiger charge is -2.30. The average Bonchev–Trinajstić information content (AvgIpc) is 2.77. The summed E-state index contributed by atoms with van der Waals surface area (Å²) in [7, 11) is 0. The van der Waals surface area contributed by atoms with Crippen molar-refractivity contribution in [3.63, 3.8) is 0 Å². The van der Waals surface area contributed by atoms with Gasteiger partial charge in [-0.3, -0.25) is 4.79 Å². The van der Waals surface area contributed by atoms with Gasteiger partial charge in [0.2, 0.25) is 6.29 Å². The van der Waals surface area contributed by atoms with E-state index in [1.165, 1.54) is 24.3 Å². The molecule has 0 bridgehead atoms. The minimum Gasteiger partial charge on any atom is -0.353 e. The van der Waals surface area contributed by atoms with Crippen LogP contribution in [0, 0.1) is 28.5 Å². The van der Waals surface area contributed by atoms with E-state index in [0.29, 0.717) is 52.6 Å². The zero-order chi connectivity index (χ0) is 20.8. The maximum atomic E-state index is 13.2. The summed E-state index contributed by atoms with van der Waals surface area (Å²) in [6.45, 7) is 4.83. The van der Waals surface area contributed by atoms with Gasteiger partial charge in [-0.1, -0.05) is 30.8 Å². The summed E-state index contributed by atoms with van der Waals surface area (Å²) < 4.78 is 13.2. The van der Waals surface area contributed by atoms with Crippen molar-refractivity contribution in [2.45, 2.75) is 23.6 Å². The molecule has 2 heterocycles. The molecule has 1 aromatic carbocycles. The molecule has 1 aliphatic rings. The van der Waals surface area contributed by atoms with Crippen molar-refractivity contribution in [1.29, 1.82) is 10.5 Å². The minimum atomic E-state index is -0.760. The molecule has 1 aliphatic heterocycles. The van der Waals surface area contributed by atoms with Crippen LogP contribution >= 0.6 is 11.8 Å². The highest BCUT2D eigenvalue weighted by Crippen LogP contribution is 2.38. The molecule has 1 aromatic heterocycles. The molecule has 147 valence electrons. The van der Waals surface area contributed by atoms with Crippen LogP contribution in [0.15, 0.2) is 29.3 Å². The lowest BCUT2D eigenvalue weighted by atomic mass is 10.0. The third kappa shape index (κ3) is 4.40. The Morgan fingerprint density at radius 3 is 2.41 bits per heavy atom. The third-order valence-corrected chi connectivity index (χ3v) is 5.87. The second-order valence-electron chi connectivity index (χ2n) is 6.45. The van der Waals surface area contributed by atoms with Crippen LogP contribution in [-0.4, -0.2) is 37.4 Å². The van der Waals surface area contributed by atoms with Gasteiger partial charge >= 0.3 is 0 Å². The van der Waals surface area contributed by atoms with E-state index in [4.69, 9.17) is 0 Å². The van der Waals surface area contributed by atoms with E-state index < -0.39 is 11.1 Å². The van der Waals surface area contributed by atoms with Crippen molar-refractivity contribution in [3.8, 4) is 12.1 Å².